The molecule has 0 atom stereocenters. The van der Waals surface area contributed by atoms with Crippen molar-refractivity contribution >= 4 is 15.9 Å². The molecule has 0 unspecified atom stereocenters. The van der Waals surface area contributed by atoms with Crippen LogP contribution in [0, 0.1) is 0 Å². The van der Waals surface area contributed by atoms with Crippen molar-refractivity contribution in [2.75, 3.05) is 19.0 Å². The topological polar surface area (TPSA) is 18.5 Å². The Bertz CT molecular complexity index is 298. The molecule has 1 rings (SSSR count). The third-order valence-electron chi connectivity index (χ3n) is 2.86. The van der Waals surface area contributed by atoms with Crippen LogP contribution in [-0.4, -0.2) is 19.0 Å². The lowest BCUT2D eigenvalue weighted by Gasteiger charge is -2.06. The molecule has 0 aromatic heterocycles. The number of alkyl halides is 1. The van der Waals surface area contributed by atoms with E-state index in [1.807, 2.05) is 24.3 Å². The van der Waals surface area contributed by atoms with Crippen LogP contribution < -0.4 is 9.47 Å². The van der Waals surface area contributed by atoms with Gasteiger partial charge in [0, 0.05) is 5.33 Å². The van der Waals surface area contributed by atoms with Crippen LogP contribution in [0.3, 0.4) is 0 Å². The van der Waals surface area contributed by atoms with E-state index in [0.717, 1.165) is 29.9 Å². The van der Waals surface area contributed by atoms with Gasteiger partial charge in [-0.1, -0.05) is 41.6 Å². The van der Waals surface area contributed by atoms with Crippen molar-refractivity contribution in [1.29, 1.82) is 0 Å². The van der Waals surface area contributed by atoms with Crippen LogP contribution in [0.1, 0.15) is 38.5 Å². The van der Waals surface area contributed by atoms with Crippen molar-refractivity contribution in [2.24, 2.45) is 0 Å². The lowest BCUT2D eigenvalue weighted by Crippen LogP contribution is -1.97. The Balaban J connectivity index is 2.00. The summed E-state index contributed by atoms with van der Waals surface area (Å²) in [6.45, 7) is 0.810. The van der Waals surface area contributed by atoms with Crippen molar-refractivity contribution in [3.63, 3.8) is 0 Å². The van der Waals surface area contributed by atoms with Crippen molar-refractivity contribution in [3.8, 4) is 11.5 Å². The molecular formula is C15H23BrO2. The van der Waals surface area contributed by atoms with E-state index in [0.29, 0.717) is 0 Å². The summed E-state index contributed by atoms with van der Waals surface area (Å²) in [5.41, 5.74) is 0. The molecule has 0 fully saturated rings. The van der Waals surface area contributed by atoms with Gasteiger partial charge in [0.25, 0.3) is 0 Å². The highest BCUT2D eigenvalue weighted by Gasteiger charge is 1.95. The molecule has 0 saturated carbocycles. The van der Waals surface area contributed by atoms with Gasteiger partial charge in [-0.25, -0.2) is 0 Å². The highest BCUT2D eigenvalue weighted by molar-refractivity contribution is 9.09. The summed E-state index contributed by atoms with van der Waals surface area (Å²) in [4.78, 5) is 0. The second kappa shape index (κ2) is 10.2. The molecule has 2 nitrogen and oxygen atoms in total. The largest absolute Gasteiger partial charge is 0.497 e. The summed E-state index contributed by atoms with van der Waals surface area (Å²) in [6.07, 6.45) is 7.69. The van der Waals surface area contributed by atoms with Gasteiger partial charge in [0.15, 0.2) is 0 Å². The maximum absolute atomic E-state index is 5.67. The minimum atomic E-state index is 0.810. The van der Waals surface area contributed by atoms with Crippen molar-refractivity contribution < 1.29 is 9.47 Å². The van der Waals surface area contributed by atoms with Crippen LogP contribution in [0.15, 0.2) is 24.3 Å². The molecule has 0 aliphatic heterocycles. The molecule has 0 aliphatic rings. The quantitative estimate of drug-likeness (QED) is 0.456. The first kappa shape index (κ1) is 15.4. The maximum atomic E-state index is 5.67. The molecule has 102 valence electrons. The molecule has 3 heteroatoms. The van der Waals surface area contributed by atoms with Crippen molar-refractivity contribution in [3.05, 3.63) is 24.3 Å². The third-order valence-corrected chi connectivity index (χ3v) is 3.42. The zero-order chi connectivity index (χ0) is 13.1. The molecule has 0 radical (unpaired) electrons. The van der Waals surface area contributed by atoms with Crippen LogP contribution in [0.5, 0.6) is 11.5 Å². The van der Waals surface area contributed by atoms with Gasteiger partial charge in [-0.05, 0) is 37.1 Å². The van der Waals surface area contributed by atoms with Gasteiger partial charge in [0.05, 0.1) is 13.7 Å². The monoisotopic (exact) mass is 314 g/mol. The van der Waals surface area contributed by atoms with Gasteiger partial charge in [-0.2, -0.15) is 0 Å². The highest BCUT2D eigenvalue weighted by Crippen LogP contribution is 2.17. The third kappa shape index (κ3) is 6.90. The second-order valence-electron chi connectivity index (χ2n) is 4.33. The highest BCUT2D eigenvalue weighted by atomic mass is 79.9. The fourth-order valence-electron chi connectivity index (χ4n) is 1.77. The van der Waals surface area contributed by atoms with Crippen LogP contribution >= 0.6 is 15.9 Å². The van der Waals surface area contributed by atoms with Gasteiger partial charge >= 0.3 is 0 Å². The SMILES string of the molecule is COc1ccc(OCCCCCCCCBr)cc1. The van der Waals surface area contributed by atoms with Crippen LogP contribution in [-0.2, 0) is 0 Å². The number of methoxy groups -OCH3 is 1. The average molecular weight is 315 g/mol. The predicted molar refractivity (Wildman–Crippen MR) is 80.0 cm³/mol. The van der Waals surface area contributed by atoms with Crippen molar-refractivity contribution in [1.82, 2.24) is 0 Å². The Morgan fingerprint density at radius 1 is 0.833 bits per heavy atom. The van der Waals surface area contributed by atoms with Crippen LogP contribution in [0.4, 0.5) is 0 Å². The van der Waals surface area contributed by atoms with E-state index in [-0.39, 0.29) is 0 Å². The van der Waals surface area contributed by atoms with Gasteiger partial charge in [0.1, 0.15) is 11.5 Å². The Hall–Kier alpha value is -0.700. The second-order valence-corrected chi connectivity index (χ2v) is 5.13. The molecule has 0 saturated heterocycles. The molecule has 1 aromatic rings. The first-order valence-electron chi connectivity index (χ1n) is 6.69. The van der Waals surface area contributed by atoms with E-state index in [2.05, 4.69) is 15.9 Å². The lowest BCUT2D eigenvalue weighted by molar-refractivity contribution is 0.303. The van der Waals surface area contributed by atoms with Gasteiger partial charge < -0.3 is 9.47 Å². The standard InChI is InChI=1S/C15H23BrO2/c1-17-14-8-10-15(11-9-14)18-13-7-5-3-2-4-6-12-16/h8-11H,2-7,12-13H2,1H3. The van der Waals surface area contributed by atoms with Crippen LogP contribution in [0.25, 0.3) is 0 Å². The first-order chi connectivity index (χ1) is 8.86. The van der Waals surface area contributed by atoms with Crippen LogP contribution in [0.2, 0.25) is 0 Å². The lowest BCUT2D eigenvalue weighted by atomic mass is 10.1. The van der Waals surface area contributed by atoms with E-state index in [1.54, 1.807) is 7.11 Å². The normalized spacial score (nSPS) is 10.3. The summed E-state index contributed by atoms with van der Waals surface area (Å²) in [6, 6.07) is 7.76. The minimum absolute atomic E-state index is 0.810. The number of benzene rings is 1. The molecule has 0 amide bonds. The van der Waals surface area contributed by atoms with E-state index < -0.39 is 0 Å². The molecule has 0 heterocycles. The molecular weight excluding hydrogens is 292 g/mol. The zero-order valence-electron chi connectivity index (χ0n) is 11.2. The molecule has 1 aromatic carbocycles. The van der Waals surface area contributed by atoms with E-state index >= 15 is 0 Å². The zero-order valence-corrected chi connectivity index (χ0v) is 12.7. The number of hydrogen-bond acceptors (Lipinski definition) is 2. The maximum Gasteiger partial charge on any atom is 0.119 e. The smallest absolute Gasteiger partial charge is 0.119 e. The number of halogens is 1. The summed E-state index contributed by atoms with van der Waals surface area (Å²) in [5.74, 6) is 1.80. The number of ether oxygens (including phenoxy) is 2. The van der Waals surface area contributed by atoms with Gasteiger partial charge in [0.2, 0.25) is 0 Å². The van der Waals surface area contributed by atoms with E-state index in [4.69, 9.17) is 9.47 Å². The van der Waals surface area contributed by atoms with Gasteiger partial charge in [-0.3, -0.25) is 0 Å². The number of hydrogen-bond donors (Lipinski definition) is 0. The summed E-state index contributed by atoms with van der Waals surface area (Å²) in [5, 5.41) is 1.13. The van der Waals surface area contributed by atoms with Gasteiger partial charge in [-0.15, -0.1) is 0 Å². The molecule has 18 heavy (non-hydrogen) atoms. The molecule has 0 spiro atoms. The van der Waals surface area contributed by atoms with E-state index in [1.165, 1.54) is 32.1 Å². The Morgan fingerprint density at radius 3 is 2.00 bits per heavy atom. The Kier molecular flexibility index (Phi) is 8.74. The minimum Gasteiger partial charge on any atom is -0.497 e. The summed E-state index contributed by atoms with van der Waals surface area (Å²) in [7, 11) is 1.67. The number of rotatable bonds is 10. The Labute approximate surface area is 119 Å². The Morgan fingerprint density at radius 2 is 1.39 bits per heavy atom. The summed E-state index contributed by atoms with van der Waals surface area (Å²) >= 11 is 3.45. The molecule has 0 bridgehead atoms. The molecule has 0 aliphatic carbocycles. The first-order valence-corrected chi connectivity index (χ1v) is 7.82. The fraction of sp³-hybridized carbons (Fsp3) is 0.600. The average Bonchev–Trinajstić information content (AvgIpc) is 2.42. The van der Waals surface area contributed by atoms with E-state index in [9.17, 15) is 0 Å². The number of unbranched alkanes of at least 4 members (excludes halogenated alkanes) is 5. The van der Waals surface area contributed by atoms with Crippen molar-refractivity contribution in [2.45, 2.75) is 38.5 Å². The predicted octanol–water partition coefficient (Wildman–Crippen LogP) is 4.81. The summed E-state index contributed by atoms with van der Waals surface area (Å²) < 4.78 is 10.8. The fourth-order valence-corrected chi connectivity index (χ4v) is 2.16. The molecule has 0 N–H and O–H groups in total.